The van der Waals surface area contributed by atoms with Gasteiger partial charge in [0.15, 0.2) is 0 Å². The largest absolute Gasteiger partial charge is 0.496 e. The standard InChI is InChI=1S/C18H26N2O2/c1-5-7-15-18(21)20-11-10-13-14(8-6-9-16(13)22-4)17(20)12(2)19(15)3/h6,8-9,12,15,17H,5,7,10-11H2,1-4H3. The van der Waals surface area contributed by atoms with Gasteiger partial charge in [0.25, 0.3) is 0 Å². The van der Waals surface area contributed by atoms with Crippen molar-refractivity contribution in [3.63, 3.8) is 0 Å². The van der Waals surface area contributed by atoms with E-state index in [0.29, 0.717) is 11.9 Å². The minimum atomic E-state index is 0.0309. The molecule has 1 fully saturated rings. The number of piperazine rings is 1. The van der Waals surface area contributed by atoms with Crippen LogP contribution in [0.1, 0.15) is 43.9 Å². The van der Waals surface area contributed by atoms with Gasteiger partial charge in [-0.25, -0.2) is 0 Å². The lowest BCUT2D eigenvalue weighted by Gasteiger charge is -2.51. The fourth-order valence-corrected chi connectivity index (χ4v) is 4.10. The maximum Gasteiger partial charge on any atom is 0.240 e. The van der Waals surface area contributed by atoms with Gasteiger partial charge in [-0.15, -0.1) is 0 Å². The molecule has 2 heterocycles. The topological polar surface area (TPSA) is 32.8 Å². The van der Waals surface area contributed by atoms with Gasteiger partial charge in [0.05, 0.1) is 19.2 Å². The molecule has 1 saturated heterocycles. The third-order valence-corrected chi connectivity index (χ3v) is 5.37. The SMILES string of the molecule is CCCC1C(=O)N2CCc3c(OC)cccc3C2C(C)N1C. The predicted molar refractivity (Wildman–Crippen MR) is 87.1 cm³/mol. The number of amides is 1. The average Bonchev–Trinajstić information content (AvgIpc) is 2.55. The van der Waals surface area contributed by atoms with E-state index >= 15 is 0 Å². The molecule has 22 heavy (non-hydrogen) atoms. The average molecular weight is 302 g/mol. The molecule has 0 aromatic heterocycles. The van der Waals surface area contributed by atoms with Crippen molar-refractivity contribution in [3.05, 3.63) is 29.3 Å². The van der Waals surface area contributed by atoms with E-state index in [1.54, 1.807) is 7.11 Å². The number of likely N-dealkylation sites (N-methyl/N-ethyl adjacent to an activating group) is 1. The Bertz CT molecular complexity index is 572. The van der Waals surface area contributed by atoms with Crippen molar-refractivity contribution in [1.29, 1.82) is 0 Å². The van der Waals surface area contributed by atoms with E-state index in [4.69, 9.17) is 4.74 Å². The molecule has 3 unspecified atom stereocenters. The zero-order chi connectivity index (χ0) is 15.9. The summed E-state index contributed by atoms with van der Waals surface area (Å²) in [5, 5.41) is 0. The van der Waals surface area contributed by atoms with Crippen LogP contribution in [0.4, 0.5) is 0 Å². The number of methoxy groups -OCH3 is 1. The van der Waals surface area contributed by atoms with Crippen LogP contribution in [0.3, 0.4) is 0 Å². The van der Waals surface area contributed by atoms with Gasteiger partial charge in [-0.2, -0.15) is 0 Å². The second kappa shape index (κ2) is 5.92. The Morgan fingerprint density at radius 1 is 1.36 bits per heavy atom. The van der Waals surface area contributed by atoms with Crippen LogP contribution in [-0.2, 0) is 11.2 Å². The molecule has 1 aromatic rings. The first-order valence-electron chi connectivity index (χ1n) is 8.28. The molecule has 0 saturated carbocycles. The molecule has 0 aliphatic carbocycles. The first kappa shape index (κ1) is 15.3. The quantitative estimate of drug-likeness (QED) is 0.860. The minimum absolute atomic E-state index is 0.0309. The fourth-order valence-electron chi connectivity index (χ4n) is 4.10. The van der Waals surface area contributed by atoms with Crippen LogP contribution in [-0.4, -0.2) is 48.5 Å². The van der Waals surface area contributed by atoms with E-state index in [9.17, 15) is 4.79 Å². The third kappa shape index (κ3) is 2.21. The number of benzene rings is 1. The normalized spacial score (nSPS) is 28.3. The van der Waals surface area contributed by atoms with Gasteiger partial charge in [-0.05, 0) is 38.4 Å². The highest BCUT2D eigenvalue weighted by atomic mass is 16.5. The number of hydrogen-bond acceptors (Lipinski definition) is 3. The van der Waals surface area contributed by atoms with E-state index in [0.717, 1.165) is 31.6 Å². The highest BCUT2D eigenvalue weighted by Gasteiger charge is 2.45. The van der Waals surface area contributed by atoms with Crippen molar-refractivity contribution >= 4 is 5.91 Å². The van der Waals surface area contributed by atoms with Crippen LogP contribution in [0.5, 0.6) is 5.75 Å². The molecule has 1 amide bonds. The third-order valence-electron chi connectivity index (χ3n) is 5.37. The lowest BCUT2D eigenvalue weighted by atomic mass is 9.84. The minimum Gasteiger partial charge on any atom is -0.496 e. The molecule has 3 rings (SSSR count). The van der Waals surface area contributed by atoms with E-state index in [-0.39, 0.29) is 12.1 Å². The van der Waals surface area contributed by atoms with Crippen LogP contribution in [0, 0.1) is 0 Å². The second-order valence-electron chi connectivity index (χ2n) is 6.47. The maximum atomic E-state index is 12.9. The number of nitrogens with zero attached hydrogens (tertiary/aromatic N) is 2. The number of carbonyl (C=O) groups is 1. The summed E-state index contributed by atoms with van der Waals surface area (Å²) < 4.78 is 5.52. The molecule has 2 aliphatic heterocycles. The molecular weight excluding hydrogens is 276 g/mol. The van der Waals surface area contributed by atoms with Crippen LogP contribution in [0.15, 0.2) is 18.2 Å². The number of rotatable bonds is 3. The number of ether oxygens (including phenoxy) is 1. The highest BCUT2D eigenvalue weighted by Crippen LogP contribution is 2.41. The Morgan fingerprint density at radius 2 is 2.14 bits per heavy atom. The van der Waals surface area contributed by atoms with Crippen LogP contribution in [0.2, 0.25) is 0 Å². The summed E-state index contributed by atoms with van der Waals surface area (Å²) in [6.45, 7) is 5.19. The van der Waals surface area contributed by atoms with Gasteiger partial charge in [-0.1, -0.05) is 25.5 Å². The van der Waals surface area contributed by atoms with Crippen molar-refractivity contribution in [2.24, 2.45) is 0 Å². The van der Waals surface area contributed by atoms with Crippen LogP contribution in [0.25, 0.3) is 0 Å². The molecule has 0 radical (unpaired) electrons. The molecule has 0 spiro atoms. The van der Waals surface area contributed by atoms with E-state index in [2.05, 4.69) is 36.8 Å². The van der Waals surface area contributed by atoms with Crippen molar-refractivity contribution in [3.8, 4) is 5.75 Å². The number of fused-ring (bicyclic) bond motifs is 3. The first-order chi connectivity index (χ1) is 10.6. The molecule has 4 heteroatoms. The van der Waals surface area contributed by atoms with E-state index in [1.807, 2.05) is 12.1 Å². The zero-order valence-corrected chi connectivity index (χ0v) is 14.0. The molecule has 3 atom stereocenters. The first-order valence-corrected chi connectivity index (χ1v) is 8.28. The summed E-state index contributed by atoms with van der Waals surface area (Å²) >= 11 is 0. The Morgan fingerprint density at radius 3 is 2.82 bits per heavy atom. The Kier molecular flexibility index (Phi) is 4.13. The smallest absolute Gasteiger partial charge is 0.240 e. The predicted octanol–water partition coefficient (Wildman–Crippen LogP) is 2.62. The van der Waals surface area contributed by atoms with Gasteiger partial charge in [-0.3, -0.25) is 9.69 Å². The van der Waals surface area contributed by atoms with Crippen molar-refractivity contribution in [2.75, 3.05) is 20.7 Å². The highest BCUT2D eigenvalue weighted by molar-refractivity contribution is 5.84. The molecule has 2 aliphatic rings. The fraction of sp³-hybridized carbons (Fsp3) is 0.611. The lowest BCUT2D eigenvalue weighted by Crippen LogP contribution is -2.62. The molecule has 0 N–H and O–H groups in total. The van der Waals surface area contributed by atoms with Gasteiger partial charge < -0.3 is 9.64 Å². The van der Waals surface area contributed by atoms with Crippen LogP contribution < -0.4 is 4.74 Å². The van der Waals surface area contributed by atoms with Gasteiger partial charge in [0.2, 0.25) is 5.91 Å². The number of hydrogen-bond donors (Lipinski definition) is 0. The van der Waals surface area contributed by atoms with Crippen molar-refractivity contribution < 1.29 is 9.53 Å². The van der Waals surface area contributed by atoms with Gasteiger partial charge >= 0.3 is 0 Å². The molecular formula is C18H26N2O2. The summed E-state index contributed by atoms with van der Waals surface area (Å²) in [4.78, 5) is 17.3. The van der Waals surface area contributed by atoms with Gasteiger partial charge in [0.1, 0.15) is 5.75 Å². The van der Waals surface area contributed by atoms with E-state index in [1.165, 1.54) is 11.1 Å². The zero-order valence-electron chi connectivity index (χ0n) is 14.0. The van der Waals surface area contributed by atoms with Crippen LogP contribution >= 0.6 is 0 Å². The van der Waals surface area contributed by atoms with E-state index < -0.39 is 0 Å². The lowest BCUT2D eigenvalue weighted by molar-refractivity contribution is -0.150. The maximum absolute atomic E-state index is 12.9. The second-order valence-corrected chi connectivity index (χ2v) is 6.47. The summed E-state index contributed by atoms with van der Waals surface area (Å²) in [5.74, 6) is 1.25. The summed E-state index contributed by atoms with van der Waals surface area (Å²) in [6.07, 6.45) is 2.86. The monoisotopic (exact) mass is 302 g/mol. The summed E-state index contributed by atoms with van der Waals surface area (Å²) in [7, 11) is 3.82. The number of carbonyl (C=O) groups excluding carboxylic acids is 1. The Balaban J connectivity index is 2.02. The Labute approximate surface area is 133 Å². The van der Waals surface area contributed by atoms with Gasteiger partial charge in [0, 0.05) is 18.2 Å². The summed E-state index contributed by atoms with van der Waals surface area (Å²) in [5.41, 5.74) is 2.53. The van der Waals surface area contributed by atoms with Crippen molar-refractivity contribution in [2.45, 2.75) is 51.2 Å². The van der Waals surface area contributed by atoms with Crippen molar-refractivity contribution in [1.82, 2.24) is 9.80 Å². The molecule has 120 valence electrons. The molecule has 1 aromatic carbocycles. The Hall–Kier alpha value is -1.55. The molecule has 4 nitrogen and oxygen atoms in total. The summed E-state index contributed by atoms with van der Waals surface area (Å²) in [6, 6.07) is 6.71. The molecule has 0 bridgehead atoms.